The topological polar surface area (TPSA) is 40.5 Å². The Balaban J connectivity index is 0.000000184. The molecule has 0 bridgehead atoms. The van der Waals surface area contributed by atoms with Crippen molar-refractivity contribution in [3.8, 4) is 11.5 Å². The van der Waals surface area contributed by atoms with Crippen molar-refractivity contribution in [2.75, 3.05) is 0 Å². The summed E-state index contributed by atoms with van der Waals surface area (Å²) in [5.74, 6) is 0.00176. The molecule has 0 aliphatic rings. The van der Waals surface area contributed by atoms with E-state index in [0.29, 0.717) is 10.0 Å². The Morgan fingerprint density at radius 3 is 1.61 bits per heavy atom. The smallest absolute Gasteiger partial charge is 0.152 e. The summed E-state index contributed by atoms with van der Waals surface area (Å²) >= 11 is 22.0. The summed E-state index contributed by atoms with van der Waals surface area (Å²) in [5.41, 5.74) is 0. The summed E-state index contributed by atoms with van der Waals surface area (Å²) in [6.07, 6.45) is 0. The predicted octanol–water partition coefficient (Wildman–Crippen LogP) is 5.40. The highest BCUT2D eigenvalue weighted by Gasteiger charge is 2.04. The van der Waals surface area contributed by atoms with Crippen LogP contribution in [-0.4, -0.2) is 10.2 Å². The van der Waals surface area contributed by atoms with E-state index < -0.39 is 0 Å². The van der Waals surface area contributed by atoms with Gasteiger partial charge in [-0.15, -0.1) is 0 Å². The fraction of sp³-hybridized carbons (Fsp3) is 0. The van der Waals surface area contributed by atoms with Crippen LogP contribution >= 0.6 is 46.4 Å². The summed E-state index contributed by atoms with van der Waals surface area (Å²) in [6.45, 7) is 0. The van der Waals surface area contributed by atoms with Gasteiger partial charge in [0.05, 0.1) is 15.1 Å². The van der Waals surface area contributed by atoms with Gasteiger partial charge in [-0.2, -0.15) is 0 Å². The second-order valence-corrected chi connectivity index (χ2v) is 4.83. The van der Waals surface area contributed by atoms with Gasteiger partial charge < -0.3 is 10.2 Å². The number of para-hydroxylation sites is 1. The summed E-state index contributed by atoms with van der Waals surface area (Å²) in [5, 5.41) is 18.9. The van der Waals surface area contributed by atoms with Gasteiger partial charge >= 0.3 is 0 Å². The van der Waals surface area contributed by atoms with Gasteiger partial charge in [0, 0.05) is 5.02 Å². The highest BCUT2D eigenvalue weighted by molar-refractivity contribution is 6.40. The molecule has 18 heavy (non-hydrogen) atoms. The van der Waals surface area contributed by atoms with Crippen molar-refractivity contribution in [3.05, 3.63) is 56.5 Å². The number of rotatable bonds is 0. The molecule has 0 aliphatic carbocycles. The van der Waals surface area contributed by atoms with Gasteiger partial charge in [-0.05, 0) is 24.3 Å². The molecule has 2 aromatic rings. The highest BCUT2D eigenvalue weighted by atomic mass is 35.5. The number of benzene rings is 2. The lowest BCUT2D eigenvalue weighted by molar-refractivity contribution is 0.475. The van der Waals surface area contributed by atoms with Crippen LogP contribution in [0.4, 0.5) is 0 Å². The first kappa shape index (κ1) is 15.3. The van der Waals surface area contributed by atoms with E-state index in [0.717, 1.165) is 0 Å². The maximum atomic E-state index is 9.01. The number of aromatic hydroxyl groups is 2. The zero-order chi connectivity index (χ0) is 13.7. The monoisotopic (exact) mass is 324 g/mol. The summed E-state index contributed by atoms with van der Waals surface area (Å²) in [7, 11) is 0. The molecule has 2 aromatic carbocycles. The van der Waals surface area contributed by atoms with Crippen LogP contribution in [0.5, 0.6) is 11.5 Å². The molecule has 0 saturated heterocycles. The van der Waals surface area contributed by atoms with Gasteiger partial charge in [0.15, 0.2) is 5.75 Å². The molecule has 2 rings (SSSR count). The van der Waals surface area contributed by atoms with Gasteiger partial charge in [0.1, 0.15) is 5.75 Å². The maximum absolute atomic E-state index is 9.01. The fourth-order valence-electron chi connectivity index (χ4n) is 0.986. The quantitative estimate of drug-likeness (QED) is 0.681. The second-order valence-electron chi connectivity index (χ2n) is 3.17. The van der Waals surface area contributed by atoms with Gasteiger partial charge in [-0.1, -0.05) is 58.5 Å². The van der Waals surface area contributed by atoms with Gasteiger partial charge in [0.2, 0.25) is 0 Å². The number of hydrogen-bond acceptors (Lipinski definition) is 2. The van der Waals surface area contributed by atoms with Gasteiger partial charge in [-0.25, -0.2) is 0 Å². The molecule has 2 N–H and O–H groups in total. The minimum Gasteiger partial charge on any atom is -0.506 e. The molecule has 0 radical (unpaired) electrons. The van der Waals surface area contributed by atoms with E-state index in [4.69, 9.17) is 56.6 Å². The average molecular weight is 326 g/mol. The van der Waals surface area contributed by atoms with Crippen LogP contribution in [0.1, 0.15) is 0 Å². The van der Waals surface area contributed by atoms with E-state index in [-0.39, 0.29) is 21.5 Å². The van der Waals surface area contributed by atoms with Crippen LogP contribution in [0.3, 0.4) is 0 Å². The van der Waals surface area contributed by atoms with Crippen molar-refractivity contribution in [2.24, 2.45) is 0 Å². The standard InChI is InChI=1S/C6H3Cl3O.C6H5ClO/c7-3-1-4(8)6(10)5(9)2-3;7-5-3-1-2-4-6(5)8/h1-2,10H;1-4,8H. The Bertz CT molecular complexity index is 499. The van der Waals surface area contributed by atoms with E-state index >= 15 is 0 Å². The van der Waals surface area contributed by atoms with Crippen molar-refractivity contribution in [2.45, 2.75) is 0 Å². The molecule has 0 fully saturated rings. The van der Waals surface area contributed by atoms with Crippen LogP contribution in [0.2, 0.25) is 20.1 Å². The number of phenols is 2. The fourth-order valence-corrected chi connectivity index (χ4v) is 1.94. The molecular weight excluding hydrogens is 318 g/mol. The molecule has 0 amide bonds. The minimum atomic E-state index is -0.132. The lowest BCUT2D eigenvalue weighted by Crippen LogP contribution is -1.70. The molecule has 0 atom stereocenters. The molecule has 96 valence electrons. The Morgan fingerprint density at radius 1 is 0.722 bits per heavy atom. The molecule has 2 nitrogen and oxygen atoms in total. The number of halogens is 4. The van der Waals surface area contributed by atoms with Crippen molar-refractivity contribution < 1.29 is 10.2 Å². The van der Waals surface area contributed by atoms with Crippen LogP contribution in [0.25, 0.3) is 0 Å². The first-order valence-electron chi connectivity index (χ1n) is 4.69. The van der Waals surface area contributed by atoms with E-state index in [9.17, 15) is 0 Å². The largest absolute Gasteiger partial charge is 0.506 e. The SMILES string of the molecule is Oc1c(Cl)cc(Cl)cc1Cl.Oc1ccccc1Cl. The molecule has 0 unspecified atom stereocenters. The first-order chi connectivity index (χ1) is 8.41. The van der Waals surface area contributed by atoms with Crippen LogP contribution in [0.15, 0.2) is 36.4 Å². The summed E-state index contributed by atoms with van der Waals surface area (Å²) in [4.78, 5) is 0. The molecule has 0 spiro atoms. The lowest BCUT2D eigenvalue weighted by Gasteiger charge is -1.98. The van der Waals surface area contributed by atoms with Crippen molar-refractivity contribution in [3.63, 3.8) is 0 Å². The molecular formula is C12H8Cl4O2. The van der Waals surface area contributed by atoms with E-state index in [2.05, 4.69) is 0 Å². The molecule has 0 saturated carbocycles. The van der Waals surface area contributed by atoms with Gasteiger partial charge in [0.25, 0.3) is 0 Å². The Hall–Kier alpha value is -0.800. The average Bonchev–Trinajstić information content (AvgIpc) is 2.31. The third kappa shape index (κ3) is 4.46. The predicted molar refractivity (Wildman–Crippen MR) is 76.3 cm³/mol. The second kappa shape index (κ2) is 6.95. The normalized spacial score (nSPS) is 9.56. The van der Waals surface area contributed by atoms with Crippen molar-refractivity contribution >= 4 is 46.4 Å². The first-order valence-corrected chi connectivity index (χ1v) is 6.20. The number of phenolic OH excluding ortho intramolecular Hbond substituents is 2. The zero-order valence-corrected chi connectivity index (χ0v) is 11.9. The van der Waals surface area contributed by atoms with Crippen LogP contribution in [-0.2, 0) is 0 Å². The van der Waals surface area contributed by atoms with Crippen molar-refractivity contribution in [1.29, 1.82) is 0 Å². The summed E-state index contributed by atoms with van der Waals surface area (Å²) in [6, 6.07) is 9.51. The molecule has 0 heterocycles. The number of hydrogen-bond donors (Lipinski definition) is 2. The zero-order valence-electron chi connectivity index (χ0n) is 8.87. The Labute approximate surface area is 124 Å². The van der Waals surface area contributed by atoms with E-state index in [1.807, 2.05) is 0 Å². The third-order valence-electron chi connectivity index (χ3n) is 1.83. The van der Waals surface area contributed by atoms with E-state index in [1.54, 1.807) is 24.3 Å². The summed E-state index contributed by atoms with van der Waals surface area (Å²) < 4.78 is 0. The van der Waals surface area contributed by atoms with Crippen LogP contribution in [0, 0.1) is 0 Å². The van der Waals surface area contributed by atoms with E-state index in [1.165, 1.54) is 12.1 Å². The minimum absolute atomic E-state index is 0.132. The van der Waals surface area contributed by atoms with Gasteiger partial charge in [-0.3, -0.25) is 0 Å². The third-order valence-corrected chi connectivity index (χ3v) is 2.95. The Kier molecular flexibility index (Phi) is 5.89. The highest BCUT2D eigenvalue weighted by Crippen LogP contribution is 2.34. The maximum Gasteiger partial charge on any atom is 0.152 e. The Morgan fingerprint density at radius 2 is 1.22 bits per heavy atom. The van der Waals surface area contributed by atoms with Crippen LogP contribution < -0.4 is 0 Å². The lowest BCUT2D eigenvalue weighted by atomic mass is 10.3. The molecule has 6 heteroatoms. The van der Waals surface area contributed by atoms with Crippen molar-refractivity contribution in [1.82, 2.24) is 0 Å². The molecule has 0 aromatic heterocycles. The molecule has 0 aliphatic heterocycles.